The molecule has 4 nitrogen and oxygen atoms in total. The van der Waals surface area contributed by atoms with Crippen LogP contribution in [0.1, 0.15) is 20.3 Å². The monoisotopic (exact) mass is 270 g/mol. The minimum atomic E-state index is -3.58. The van der Waals surface area contributed by atoms with E-state index in [9.17, 15) is 13.2 Å². The number of carbonyl (C=O) groups excluding carboxylic acids is 1. The van der Waals surface area contributed by atoms with Crippen LogP contribution in [0.4, 0.5) is 0 Å². The quantitative estimate of drug-likeness (QED) is 0.563. The van der Waals surface area contributed by atoms with Crippen LogP contribution in [0.2, 0.25) is 0 Å². The highest BCUT2D eigenvalue weighted by atomic mass is 32.2. The second kappa shape index (κ2) is 3.95. The molecule has 0 saturated heterocycles. The highest BCUT2D eigenvalue weighted by molar-refractivity contribution is 7.93. The number of carbonyl (C=O) groups is 1. The number of esters is 1. The molecule has 0 radical (unpaired) electrons. The number of ether oxygens (including phenoxy) is 1. The lowest BCUT2D eigenvalue weighted by atomic mass is 9.85. The topological polar surface area (TPSA) is 60.4 Å². The zero-order valence-corrected chi connectivity index (χ0v) is 11.9. The number of methoxy groups -OCH3 is 1. The fraction of sp³-hybridized carbons (Fsp3) is 0.615. The van der Waals surface area contributed by atoms with Crippen LogP contribution in [0.5, 0.6) is 0 Å². The first-order valence-corrected chi connectivity index (χ1v) is 7.80. The van der Waals surface area contributed by atoms with Gasteiger partial charge in [-0.2, -0.15) is 0 Å². The molecule has 0 aromatic carbocycles. The van der Waals surface area contributed by atoms with Crippen LogP contribution in [0.3, 0.4) is 0 Å². The smallest absolute Gasteiger partial charge is 0.332 e. The number of allylic oxidation sites excluding steroid dienone is 3. The molecule has 3 atom stereocenters. The van der Waals surface area contributed by atoms with E-state index in [-0.39, 0.29) is 11.8 Å². The zero-order chi connectivity index (χ0) is 13.7. The summed E-state index contributed by atoms with van der Waals surface area (Å²) < 4.78 is 27.9. The molecule has 2 bridgehead atoms. The molecule has 2 rings (SSSR count). The lowest BCUT2D eigenvalue weighted by Gasteiger charge is -2.33. The highest BCUT2D eigenvalue weighted by Crippen LogP contribution is 2.55. The van der Waals surface area contributed by atoms with Gasteiger partial charge in [-0.25, -0.2) is 13.2 Å². The van der Waals surface area contributed by atoms with Crippen LogP contribution < -0.4 is 0 Å². The SMILES string of the molecule is COC(=O)[C@]1(S(C)(=O)=O)C(=C(C)C)[C@H]2C=C[C@@H]1C2. The maximum absolute atomic E-state index is 12.3. The van der Waals surface area contributed by atoms with E-state index in [1.54, 1.807) is 0 Å². The molecule has 0 aromatic rings. The fourth-order valence-corrected chi connectivity index (χ4v) is 5.34. The van der Waals surface area contributed by atoms with Crippen molar-refractivity contribution in [2.45, 2.75) is 25.0 Å². The van der Waals surface area contributed by atoms with Crippen molar-refractivity contribution >= 4 is 15.8 Å². The third kappa shape index (κ3) is 1.43. The molecule has 0 aromatic heterocycles. The van der Waals surface area contributed by atoms with E-state index in [1.807, 2.05) is 26.0 Å². The summed E-state index contributed by atoms with van der Waals surface area (Å²) in [6, 6.07) is 0. The second-order valence-electron chi connectivity index (χ2n) is 5.25. The summed E-state index contributed by atoms with van der Waals surface area (Å²) in [5, 5.41) is 0. The van der Waals surface area contributed by atoms with Gasteiger partial charge >= 0.3 is 5.97 Å². The third-order valence-corrected chi connectivity index (χ3v) is 5.85. The van der Waals surface area contributed by atoms with E-state index in [0.29, 0.717) is 12.0 Å². The molecule has 5 heteroatoms. The largest absolute Gasteiger partial charge is 0.468 e. The maximum Gasteiger partial charge on any atom is 0.332 e. The minimum absolute atomic E-state index is 0.0498. The lowest BCUT2D eigenvalue weighted by Crippen LogP contribution is -2.52. The van der Waals surface area contributed by atoms with Crippen molar-refractivity contribution in [3.63, 3.8) is 0 Å². The predicted octanol–water partition coefficient (Wildman–Crippen LogP) is 1.49. The van der Waals surface area contributed by atoms with E-state index in [1.165, 1.54) is 7.11 Å². The van der Waals surface area contributed by atoms with Gasteiger partial charge in [0.05, 0.1) is 7.11 Å². The van der Waals surface area contributed by atoms with E-state index in [0.717, 1.165) is 11.8 Å². The summed E-state index contributed by atoms with van der Waals surface area (Å²) in [5.74, 6) is -0.901. The Kier molecular flexibility index (Phi) is 2.93. The first kappa shape index (κ1) is 13.3. The molecular formula is C13H18O4S. The molecule has 1 saturated carbocycles. The maximum atomic E-state index is 12.3. The molecule has 2 aliphatic carbocycles. The van der Waals surface area contributed by atoms with E-state index < -0.39 is 20.6 Å². The first-order chi connectivity index (χ1) is 8.26. The summed E-state index contributed by atoms with van der Waals surface area (Å²) in [6.45, 7) is 3.71. The van der Waals surface area contributed by atoms with Gasteiger partial charge in [-0.1, -0.05) is 17.7 Å². The Balaban J connectivity index is 2.79. The lowest BCUT2D eigenvalue weighted by molar-refractivity contribution is -0.143. The van der Waals surface area contributed by atoms with Crippen LogP contribution in [0, 0.1) is 11.8 Å². The Morgan fingerprint density at radius 3 is 2.44 bits per heavy atom. The van der Waals surface area contributed by atoms with Gasteiger partial charge in [0.2, 0.25) is 0 Å². The summed E-state index contributed by atoms with van der Waals surface area (Å²) in [7, 11) is -2.34. The molecule has 18 heavy (non-hydrogen) atoms. The third-order valence-electron chi connectivity index (χ3n) is 3.99. The highest BCUT2D eigenvalue weighted by Gasteiger charge is 2.64. The van der Waals surface area contributed by atoms with Gasteiger partial charge in [-0.15, -0.1) is 0 Å². The van der Waals surface area contributed by atoms with Gasteiger partial charge in [0, 0.05) is 18.1 Å². The Bertz CT molecular complexity index is 552. The molecule has 0 heterocycles. The van der Waals surface area contributed by atoms with Crippen LogP contribution >= 0.6 is 0 Å². The second-order valence-corrected chi connectivity index (χ2v) is 7.43. The standard InChI is InChI=1S/C13H18O4S/c1-8(2)11-9-5-6-10(7-9)13(11,12(14)17-3)18(4,15)16/h5-6,9-10H,7H2,1-4H3/t9-,10+,13+/m0/s1. The molecule has 0 unspecified atom stereocenters. The first-order valence-electron chi connectivity index (χ1n) is 5.91. The van der Waals surface area contributed by atoms with Crippen molar-refractivity contribution in [3.8, 4) is 0 Å². The molecule has 1 fully saturated rings. The molecular weight excluding hydrogens is 252 g/mol. The zero-order valence-electron chi connectivity index (χ0n) is 11.1. The number of hydrogen-bond donors (Lipinski definition) is 0. The average molecular weight is 270 g/mol. The number of sulfone groups is 1. The van der Waals surface area contributed by atoms with Crippen LogP contribution in [-0.2, 0) is 19.4 Å². The van der Waals surface area contributed by atoms with Crippen LogP contribution in [-0.4, -0.2) is 32.5 Å². The number of rotatable bonds is 2. The predicted molar refractivity (Wildman–Crippen MR) is 68.7 cm³/mol. The van der Waals surface area contributed by atoms with E-state index >= 15 is 0 Å². The van der Waals surface area contributed by atoms with Crippen molar-refractivity contribution in [1.82, 2.24) is 0 Å². The number of fused-ring (bicyclic) bond motifs is 2. The Labute approximate surface area is 108 Å². The summed E-state index contributed by atoms with van der Waals surface area (Å²) in [6.07, 6.45) is 5.65. The molecule has 100 valence electrons. The van der Waals surface area contributed by atoms with Gasteiger partial charge in [0.1, 0.15) is 0 Å². The van der Waals surface area contributed by atoms with Crippen molar-refractivity contribution in [1.29, 1.82) is 0 Å². The fourth-order valence-electron chi connectivity index (χ4n) is 3.47. The van der Waals surface area contributed by atoms with Crippen molar-refractivity contribution in [3.05, 3.63) is 23.3 Å². The molecule has 0 N–H and O–H groups in total. The molecule has 0 amide bonds. The summed E-state index contributed by atoms with van der Waals surface area (Å²) >= 11 is 0. The van der Waals surface area contributed by atoms with Crippen LogP contribution in [0.15, 0.2) is 23.3 Å². The van der Waals surface area contributed by atoms with Gasteiger partial charge in [-0.3, -0.25) is 0 Å². The Hall–Kier alpha value is -1.10. The summed E-state index contributed by atoms with van der Waals surface area (Å²) in [4.78, 5) is 12.2. The van der Waals surface area contributed by atoms with Crippen LogP contribution in [0.25, 0.3) is 0 Å². The van der Waals surface area contributed by atoms with Gasteiger partial charge in [0.15, 0.2) is 14.6 Å². The van der Waals surface area contributed by atoms with Crippen molar-refractivity contribution in [2.24, 2.45) is 11.8 Å². The van der Waals surface area contributed by atoms with E-state index in [4.69, 9.17) is 4.74 Å². The molecule has 0 aliphatic heterocycles. The normalized spacial score (nSPS) is 33.9. The molecule has 0 spiro atoms. The summed E-state index contributed by atoms with van der Waals surface area (Å²) in [5.41, 5.74) is 1.60. The number of hydrogen-bond acceptors (Lipinski definition) is 4. The Morgan fingerprint density at radius 1 is 1.39 bits per heavy atom. The Morgan fingerprint density at radius 2 is 2.00 bits per heavy atom. The molecule has 2 aliphatic rings. The minimum Gasteiger partial charge on any atom is -0.468 e. The van der Waals surface area contributed by atoms with Crippen molar-refractivity contribution < 1.29 is 17.9 Å². The van der Waals surface area contributed by atoms with Gasteiger partial charge in [0.25, 0.3) is 0 Å². The average Bonchev–Trinajstić information content (AvgIpc) is 2.84. The van der Waals surface area contributed by atoms with Gasteiger partial charge in [-0.05, 0) is 25.8 Å². The van der Waals surface area contributed by atoms with Gasteiger partial charge < -0.3 is 4.74 Å². The van der Waals surface area contributed by atoms with Crippen molar-refractivity contribution in [2.75, 3.05) is 13.4 Å². The van der Waals surface area contributed by atoms with E-state index in [2.05, 4.69) is 0 Å².